The Morgan fingerprint density at radius 3 is 2.70 bits per heavy atom. The van der Waals surface area contributed by atoms with Crippen LogP contribution in [0, 0.1) is 0 Å². The second-order valence-electron chi connectivity index (χ2n) is 4.94. The lowest BCUT2D eigenvalue weighted by molar-refractivity contribution is 0.242. The summed E-state index contributed by atoms with van der Waals surface area (Å²) < 4.78 is 0. The Hall–Kier alpha value is -1.16. The summed E-state index contributed by atoms with van der Waals surface area (Å²) in [7, 11) is 0. The van der Waals surface area contributed by atoms with Crippen LogP contribution in [0.1, 0.15) is 22.6 Å². The number of hydrogen-bond acceptors (Lipinski definition) is 3. The number of alkyl halides is 1. The maximum atomic E-state index is 6.26. The van der Waals surface area contributed by atoms with E-state index in [2.05, 4.69) is 39.1 Å². The van der Waals surface area contributed by atoms with Gasteiger partial charge in [0.25, 0.3) is 0 Å². The van der Waals surface area contributed by atoms with Gasteiger partial charge in [-0.25, -0.2) is 9.97 Å². The molecule has 0 amide bonds. The number of benzene rings is 1. The molecule has 0 bridgehead atoms. The number of nitrogens with zero attached hydrogens (tertiary/aromatic N) is 3. The van der Waals surface area contributed by atoms with E-state index in [9.17, 15) is 0 Å². The van der Waals surface area contributed by atoms with E-state index < -0.39 is 0 Å². The van der Waals surface area contributed by atoms with Gasteiger partial charge in [0.15, 0.2) is 0 Å². The molecule has 5 heteroatoms. The monoisotopic (exact) mass is 307 g/mol. The summed E-state index contributed by atoms with van der Waals surface area (Å²) in [5.74, 6) is 0.924. The minimum atomic E-state index is 0.306. The zero-order chi connectivity index (χ0) is 13.9. The van der Waals surface area contributed by atoms with E-state index in [1.807, 2.05) is 6.07 Å². The highest BCUT2D eigenvalue weighted by molar-refractivity contribution is 6.30. The summed E-state index contributed by atoms with van der Waals surface area (Å²) >= 11 is 12.0. The van der Waals surface area contributed by atoms with Gasteiger partial charge in [-0.1, -0.05) is 41.9 Å². The third-order valence-corrected chi connectivity index (χ3v) is 4.06. The molecule has 0 saturated carbocycles. The van der Waals surface area contributed by atoms with Gasteiger partial charge in [-0.15, -0.1) is 11.6 Å². The molecule has 3 rings (SSSR count). The fourth-order valence-electron chi connectivity index (χ4n) is 2.51. The van der Waals surface area contributed by atoms with Gasteiger partial charge in [-0.05, 0) is 5.56 Å². The fraction of sp³-hybridized carbons (Fsp3) is 0.333. The van der Waals surface area contributed by atoms with Gasteiger partial charge in [-0.2, -0.15) is 0 Å². The van der Waals surface area contributed by atoms with Crippen LogP contribution in [0.4, 0.5) is 0 Å². The molecular weight excluding hydrogens is 293 g/mol. The molecule has 0 fully saturated rings. The molecule has 0 aliphatic carbocycles. The van der Waals surface area contributed by atoms with Gasteiger partial charge in [0, 0.05) is 31.6 Å². The van der Waals surface area contributed by atoms with Crippen molar-refractivity contribution in [3.63, 3.8) is 0 Å². The molecule has 104 valence electrons. The Morgan fingerprint density at radius 1 is 1.15 bits per heavy atom. The van der Waals surface area contributed by atoms with Crippen LogP contribution in [0.3, 0.4) is 0 Å². The standard InChI is InChI=1S/C15H15Cl2N3/c16-8-14-18-13-6-7-20(10-12(13)15(17)19-14)9-11-4-2-1-3-5-11/h1-5H,6-10H2. The zero-order valence-corrected chi connectivity index (χ0v) is 12.5. The molecule has 3 nitrogen and oxygen atoms in total. The van der Waals surface area contributed by atoms with Crippen molar-refractivity contribution < 1.29 is 0 Å². The van der Waals surface area contributed by atoms with Gasteiger partial charge < -0.3 is 0 Å². The quantitative estimate of drug-likeness (QED) is 0.642. The number of halogens is 2. The highest BCUT2D eigenvalue weighted by atomic mass is 35.5. The Labute approximate surface area is 128 Å². The number of rotatable bonds is 3. The van der Waals surface area contributed by atoms with E-state index in [4.69, 9.17) is 23.2 Å². The van der Waals surface area contributed by atoms with Crippen molar-refractivity contribution in [2.75, 3.05) is 6.54 Å². The molecule has 20 heavy (non-hydrogen) atoms. The van der Waals surface area contributed by atoms with Crippen LogP contribution in [-0.4, -0.2) is 21.4 Å². The van der Waals surface area contributed by atoms with E-state index in [0.29, 0.717) is 16.9 Å². The largest absolute Gasteiger partial charge is 0.294 e. The number of aromatic nitrogens is 2. The van der Waals surface area contributed by atoms with Crippen molar-refractivity contribution in [1.29, 1.82) is 0 Å². The molecule has 2 aromatic rings. The third-order valence-electron chi connectivity index (χ3n) is 3.50. The normalized spacial score (nSPS) is 15.1. The molecule has 1 aromatic heterocycles. The number of fused-ring (bicyclic) bond motifs is 1. The van der Waals surface area contributed by atoms with Gasteiger partial charge in [0.05, 0.1) is 11.6 Å². The molecule has 0 spiro atoms. The lowest BCUT2D eigenvalue weighted by atomic mass is 10.1. The summed E-state index contributed by atoms with van der Waals surface area (Å²) in [6, 6.07) is 10.5. The minimum Gasteiger partial charge on any atom is -0.294 e. The first kappa shape index (κ1) is 13.8. The smallest absolute Gasteiger partial charge is 0.145 e. The van der Waals surface area contributed by atoms with Crippen molar-refractivity contribution in [3.05, 3.63) is 58.1 Å². The van der Waals surface area contributed by atoms with E-state index in [-0.39, 0.29) is 0 Å². The predicted molar refractivity (Wildman–Crippen MR) is 80.9 cm³/mol. The predicted octanol–water partition coefficient (Wildman–Crippen LogP) is 3.43. The zero-order valence-electron chi connectivity index (χ0n) is 11.0. The fourth-order valence-corrected chi connectivity index (χ4v) is 2.90. The van der Waals surface area contributed by atoms with Gasteiger partial charge >= 0.3 is 0 Å². The molecule has 1 aliphatic rings. The summed E-state index contributed by atoms with van der Waals surface area (Å²) in [6.45, 7) is 2.70. The molecule has 0 radical (unpaired) electrons. The third kappa shape index (κ3) is 2.95. The summed E-state index contributed by atoms with van der Waals surface area (Å²) in [5.41, 5.74) is 3.40. The van der Waals surface area contributed by atoms with Gasteiger partial charge in [-0.3, -0.25) is 4.90 Å². The van der Waals surface area contributed by atoms with E-state index in [1.54, 1.807) is 0 Å². The first-order chi connectivity index (χ1) is 9.76. The molecule has 0 N–H and O–H groups in total. The average molecular weight is 308 g/mol. The first-order valence-corrected chi connectivity index (χ1v) is 7.54. The lowest BCUT2D eigenvalue weighted by Gasteiger charge is -2.28. The van der Waals surface area contributed by atoms with Crippen molar-refractivity contribution >= 4 is 23.2 Å². The molecule has 2 heterocycles. The topological polar surface area (TPSA) is 29.0 Å². The average Bonchev–Trinajstić information content (AvgIpc) is 2.48. The van der Waals surface area contributed by atoms with Crippen molar-refractivity contribution in [2.45, 2.75) is 25.4 Å². The van der Waals surface area contributed by atoms with Crippen LogP contribution in [0.5, 0.6) is 0 Å². The summed E-state index contributed by atoms with van der Waals surface area (Å²) in [5, 5.41) is 0.545. The van der Waals surface area contributed by atoms with Crippen LogP contribution < -0.4 is 0 Å². The second-order valence-corrected chi connectivity index (χ2v) is 5.56. The first-order valence-electron chi connectivity index (χ1n) is 6.62. The van der Waals surface area contributed by atoms with Crippen molar-refractivity contribution in [1.82, 2.24) is 14.9 Å². The second kappa shape index (κ2) is 6.08. The Morgan fingerprint density at radius 2 is 1.95 bits per heavy atom. The van der Waals surface area contributed by atoms with E-state index in [0.717, 1.165) is 37.3 Å². The highest BCUT2D eigenvalue weighted by Crippen LogP contribution is 2.25. The van der Waals surface area contributed by atoms with Crippen molar-refractivity contribution in [2.24, 2.45) is 0 Å². The number of hydrogen-bond donors (Lipinski definition) is 0. The highest BCUT2D eigenvalue weighted by Gasteiger charge is 2.21. The van der Waals surface area contributed by atoms with E-state index >= 15 is 0 Å². The molecule has 0 unspecified atom stereocenters. The Kier molecular flexibility index (Phi) is 4.20. The minimum absolute atomic E-state index is 0.306. The van der Waals surface area contributed by atoms with Gasteiger partial charge in [0.1, 0.15) is 11.0 Å². The Balaban J connectivity index is 1.78. The summed E-state index contributed by atoms with van der Waals surface area (Å²) in [4.78, 5) is 11.1. The van der Waals surface area contributed by atoms with Crippen LogP contribution in [0.2, 0.25) is 5.15 Å². The maximum Gasteiger partial charge on any atom is 0.145 e. The maximum absolute atomic E-state index is 6.26. The van der Waals surface area contributed by atoms with Crippen LogP contribution >= 0.6 is 23.2 Å². The molecule has 0 atom stereocenters. The van der Waals surface area contributed by atoms with Crippen LogP contribution in [0.25, 0.3) is 0 Å². The molecule has 0 saturated heterocycles. The SMILES string of the molecule is ClCc1nc(Cl)c2c(n1)CCN(Cc1ccccc1)C2. The molecular formula is C15H15Cl2N3. The van der Waals surface area contributed by atoms with Crippen LogP contribution in [0.15, 0.2) is 30.3 Å². The van der Waals surface area contributed by atoms with E-state index in [1.165, 1.54) is 5.56 Å². The molecule has 1 aliphatic heterocycles. The Bertz CT molecular complexity index is 602. The van der Waals surface area contributed by atoms with Gasteiger partial charge in [0.2, 0.25) is 0 Å². The van der Waals surface area contributed by atoms with Crippen molar-refractivity contribution in [3.8, 4) is 0 Å². The molecule has 1 aromatic carbocycles. The lowest BCUT2D eigenvalue weighted by Crippen LogP contribution is -2.31. The van der Waals surface area contributed by atoms with Crippen LogP contribution in [-0.2, 0) is 25.4 Å². The summed E-state index contributed by atoms with van der Waals surface area (Å²) in [6.07, 6.45) is 0.897.